The molecule has 4 N–H and O–H groups in total. The number of benzene rings is 1. The summed E-state index contributed by atoms with van der Waals surface area (Å²) in [5, 5.41) is 11.7. The fourth-order valence-electron chi connectivity index (χ4n) is 1.97. The van der Waals surface area contributed by atoms with Crippen molar-refractivity contribution in [3.63, 3.8) is 0 Å². The fourth-order valence-corrected chi connectivity index (χ4v) is 1.97. The fraction of sp³-hybridized carbons (Fsp3) is 0.462. The minimum absolute atomic E-state index is 0.0368. The van der Waals surface area contributed by atoms with Gasteiger partial charge in [-0.2, -0.15) is 0 Å². The number of carbonyl (C=O) groups excluding carboxylic acids is 1. The highest BCUT2D eigenvalue weighted by molar-refractivity contribution is 6.00. The second-order valence-electron chi connectivity index (χ2n) is 4.43. The molecule has 0 spiro atoms. The average Bonchev–Trinajstić information content (AvgIpc) is 2.85. The summed E-state index contributed by atoms with van der Waals surface area (Å²) in [5.74, 6) is 0.689. The van der Waals surface area contributed by atoms with E-state index in [-0.39, 0.29) is 25.3 Å². The molecule has 7 heteroatoms. The van der Waals surface area contributed by atoms with Crippen molar-refractivity contribution < 1.29 is 24.1 Å². The van der Waals surface area contributed by atoms with Crippen LogP contribution in [-0.2, 0) is 4.74 Å². The molecule has 7 nitrogen and oxygen atoms in total. The molecule has 110 valence electrons. The van der Waals surface area contributed by atoms with Crippen molar-refractivity contribution in [2.75, 3.05) is 32.9 Å². The first kappa shape index (κ1) is 14.4. The van der Waals surface area contributed by atoms with Crippen LogP contribution in [0.3, 0.4) is 0 Å². The van der Waals surface area contributed by atoms with Crippen LogP contribution in [0.5, 0.6) is 11.5 Å². The summed E-state index contributed by atoms with van der Waals surface area (Å²) in [6.45, 7) is 0.401. The Morgan fingerprint density at radius 2 is 2.20 bits per heavy atom. The summed E-state index contributed by atoms with van der Waals surface area (Å²) in [4.78, 5) is 12.2. The normalized spacial score (nSPS) is 14.1. The first-order valence-corrected chi connectivity index (χ1v) is 6.25. The van der Waals surface area contributed by atoms with Crippen molar-refractivity contribution in [3.05, 3.63) is 17.7 Å². The predicted molar refractivity (Wildman–Crippen MR) is 71.8 cm³/mol. The van der Waals surface area contributed by atoms with Gasteiger partial charge in [-0.1, -0.05) is 0 Å². The molecule has 1 heterocycles. The molecule has 1 aromatic rings. The number of rotatable bonds is 6. The topological polar surface area (TPSA) is 103 Å². The molecule has 1 amide bonds. The van der Waals surface area contributed by atoms with Crippen molar-refractivity contribution in [2.24, 2.45) is 0 Å². The Morgan fingerprint density at radius 1 is 1.50 bits per heavy atom. The lowest BCUT2D eigenvalue weighted by Gasteiger charge is -2.17. The molecule has 0 aliphatic carbocycles. The van der Waals surface area contributed by atoms with E-state index in [0.717, 1.165) is 0 Å². The SMILES string of the molecule is COCC(CCO)NC(=O)c1cc2c(cc1N)OCO2. The molecule has 1 aliphatic rings. The van der Waals surface area contributed by atoms with Crippen molar-refractivity contribution in [2.45, 2.75) is 12.5 Å². The minimum atomic E-state index is -0.337. The van der Waals surface area contributed by atoms with Gasteiger partial charge in [0, 0.05) is 25.5 Å². The van der Waals surface area contributed by atoms with E-state index in [4.69, 9.17) is 25.1 Å². The van der Waals surface area contributed by atoms with Crippen LogP contribution in [0.15, 0.2) is 12.1 Å². The quantitative estimate of drug-likeness (QED) is 0.641. The minimum Gasteiger partial charge on any atom is -0.454 e. The molecule has 1 atom stereocenters. The lowest BCUT2D eigenvalue weighted by atomic mass is 10.1. The van der Waals surface area contributed by atoms with Crippen molar-refractivity contribution >= 4 is 11.6 Å². The van der Waals surface area contributed by atoms with Gasteiger partial charge in [-0.3, -0.25) is 4.79 Å². The summed E-state index contributed by atoms with van der Waals surface area (Å²) in [7, 11) is 1.53. The Bertz CT molecular complexity index is 486. The highest BCUT2D eigenvalue weighted by atomic mass is 16.7. The first-order valence-electron chi connectivity index (χ1n) is 6.25. The molecule has 1 unspecified atom stereocenters. The van der Waals surface area contributed by atoms with Crippen LogP contribution in [0.1, 0.15) is 16.8 Å². The summed E-state index contributed by atoms with van der Waals surface area (Å²) in [6.07, 6.45) is 0.407. The average molecular weight is 282 g/mol. The monoisotopic (exact) mass is 282 g/mol. The van der Waals surface area contributed by atoms with Gasteiger partial charge in [0.25, 0.3) is 5.91 Å². The maximum atomic E-state index is 12.2. The van der Waals surface area contributed by atoms with Gasteiger partial charge in [-0.05, 0) is 12.5 Å². The van der Waals surface area contributed by atoms with Crippen molar-refractivity contribution in [1.82, 2.24) is 5.32 Å². The van der Waals surface area contributed by atoms with Gasteiger partial charge in [0.1, 0.15) is 0 Å². The summed E-state index contributed by atoms with van der Waals surface area (Å²) < 4.78 is 15.4. The van der Waals surface area contributed by atoms with Crippen LogP contribution in [-0.4, -0.2) is 44.2 Å². The number of nitrogens with two attached hydrogens (primary N) is 1. The zero-order chi connectivity index (χ0) is 14.5. The second-order valence-corrected chi connectivity index (χ2v) is 4.43. The molecule has 2 rings (SSSR count). The number of hydrogen-bond acceptors (Lipinski definition) is 6. The van der Waals surface area contributed by atoms with Crippen LogP contribution in [0, 0.1) is 0 Å². The first-order chi connectivity index (χ1) is 9.65. The van der Waals surface area contributed by atoms with E-state index in [2.05, 4.69) is 5.32 Å². The lowest BCUT2D eigenvalue weighted by Crippen LogP contribution is -2.39. The molecule has 0 aromatic heterocycles. The largest absolute Gasteiger partial charge is 0.454 e. The van der Waals surface area contributed by atoms with E-state index >= 15 is 0 Å². The second kappa shape index (κ2) is 6.44. The van der Waals surface area contributed by atoms with Crippen molar-refractivity contribution in [3.8, 4) is 11.5 Å². The Morgan fingerprint density at radius 3 is 2.85 bits per heavy atom. The van der Waals surface area contributed by atoms with E-state index < -0.39 is 0 Å². The van der Waals surface area contributed by atoms with E-state index in [1.54, 1.807) is 12.1 Å². The highest BCUT2D eigenvalue weighted by Gasteiger charge is 2.21. The van der Waals surface area contributed by atoms with Gasteiger partial charge in [0.2, 0.25) is 6.79 Å². The predicted octanol–water partition coefficient (Wildman–Crippen LogP) is 0.125. The van der Waals surface area contributed by atoms with E-state index in [1.165, 1.54) is 7.11 Å². The Labute approximate surface area is 116 Å². The number of carbonyl (C=O) groups is 1. The van der Waals surface area contributed by atoms with Crippen molar-refractivity contribution in [1.29, 1.82) is 0 Å². The van der Waals surface area contributed by atoms with Gasteiger partial charge in [0.15, 0.2) is 11.5 Å². The van der Waals surface area contributed by atoms with Crippen LogP contribution < -0.4 is 20.5 Å². The zero-order valence-electron chi connectivity index (χ0n) is 11.2. The van der Waals surface area contributed by atoms with Crippen LogP contribution in [0.25, 0.3) is 0 Å². The summed E-state index contributed by atoms with van der Waals surface area (Å²) in [5.41, 5.74) is 6.47. The molecule has 0 bridgehead atoms. The van der Waals surface area contributed by atoms with Gasteiger partial charge in [0.05, 0.1) is 18.2 Å². The maximum absolute atomic E-state index is 12.2. The Balaban J connectivity index is 2.12. The van der Waals surface area contributed by atoms with E-state index in [0.29, 0.717) is 35.8 Å². The number of aliphatic hydroxyl groups is 1. The Kier molecular flexibility index (Phi) is 4.65. The highest BCUT2D eigenvalue weighted by Crippen LogP contribution is 2.35. The number of hydrogen-bond donors (Lipinski definition) is 3. The molecular weight excluding hydrogens is 264 g/mol. The van der Waals surface area contributed by atoms with E-state index in [1.807, 2.05) is 0 Å². The van der Waals surface area contributed by atoms with Gasteiger partial charge >= 0.3 is 0 Å². The number of ether oxygens (including phenoxy) is 3. The van der Waals surface area contributed by atoms with Crippen LogP contribution in [0.2, 0.25) is 0 Å². The smallest absolute Gasteiger partial charge is 0.253 e. The summed E-state index contributed by atoms with van der Waals surface area (Å²) in [6, 6.07) is 2.84. The molecule has 20 heavy (non-hydrogen) atoms. The lowest BCUT2D eigenvalue weighted by molar-refractivity contribution is 0.0879. The van der Waals surface area contributed by atoms with E-state index in [9.17, 15) is 4.79 Å². The van der Waals surface area contributed by atoms with Gasteiger partial charge in [-0.25, -0.2) is 0 Å². The summed E-state index contributed by atoms with van der Waals surface area (Å²) >= 11 is 0. The Hall–Kier alpha value is -1.99. The zero-order valence-corrected chi connectivity index (χ0v) is 11.2. The van der Waals surface area contributed by atoms with Crippen LogP contribution >= 0.6 is 0 Å². The molecule has 1 aromatic carbocycles. The van der Waals surface area contributed by atoms with Gasteiger partial charge in [-0.15, -0.1) is 0 Å². The third-order valence-corrected chi connectivity index (χ3v) is 2.97. The number of fused-ring (bicyclic) bond motifs is 1. The number of aliphatic hydroxyl groups excluding tert-OH is 1. The standard InChI is InChI=1S/C13H18N2O5/c1-18-6-8(2-3-16)15-13(17)9-4-11-12(5-10(9)14)20-7-19-11/h4-5,8,16H,2-3,6-7,14H2,1H3,(H,15,17). The third-order valence-electron chi connectivity index (χ3n) is 2.97. The molecular formula is C13H18N2O5. The number of methoxy groups -OCH3 is 1. The molecule has 1 aliphatic heterocycles. The van der Waals surface area contributed by atoms with Crippen LogP contribution in [0.4, 0.5) is 5.69 Å². The number of nitrogens with one attached hydrogen (secondary N) is 1. The molecule has 0 radical (unpaired) electrons. The number of anilines is 1. The maximum Gasteiger partial charge on any atom is 0.253 e. The third kappa shape index (κ3) is 3.12. The number of amides is 1. The molecule has 0 fully saturated rings. The molecule has 0 saturated carbocycles. The molecule has 0 saturated heterocycles. The number of nitrogen functional groups attached to an aromatic ring is 1. The van der Waals surface area contributed by atoms with Gasteiger partial charge < -0.3 is 30.4 Å².